The van der Waals surface area contributed by atoms with Gasteiger partial charge in [0.05, 0.1) is 19.4 Å². The fourth-order valence-corrected chi connectivity index (χ4v) is 7.48. The molecule has 3 aliphatic rings. The molecule has 2 aliphatic carbocycles. The molecule has 2 bridgehead atoms. The van der Waals surface area contributed by atoms with E-state index in [4.69, 9.17) is 9.47 Å². The number of hydrazone groups is 1. The number of esters is 1. The van der Waals surface area contributed by atoms with Crippen LogP contribution >= 0.6 is 0 Å². The monoisotopic (exact) mass is 612 g/mol. The molecule has 1 aromatic rings. The Bertz CT molecular complexity index is 1320. The van der Waals surface area contributed by atoms with Crippen molar-refractivity contribution in [3.05, 3.63) is 36.4 Å². The molecule has 0 spiro atoms. The lowest BCUT2D eigenvalue weighted by molar-refractivity contribution is -0.193. The fraction of sp³-hybridized carbons (Fsp3) is 0.625. The van der Waals surface area contributed by atoms with Gasteiger partial charge in [0.1, 0.15) is 18.0 Å². The van der Waals surface area contributed by atoms with Crippen molar-refractivity contribution in [2.45, 2.75) is 85.0 Å². The van der Waals surface area contributed by atoms with Crippen LogP contribution in [-0.4, -0.2) is 83.3 Å². The van der Waals surface area contributed by atoms with Crippen LogP contribution in [0.3, 0.4) is 0 Å². The average Bonchev–Trinajstić information content (AvgIpc) is 3.00. The first kappa shape index (κ1) is 33.7. The number of ether oxygens (including phenoxy) is 3. The highest BCUT2D eigenvalue weighted by Crippen LogP contribution is 2.62. The second-order valence-electron chi connectivity index (χ2n) is 13.5. The third-order valence-electron chi connectivity index (χ3n) is 10.8. The van der Waals surface area contributed by atoms with E-state index in [9.17, 15) is 29.6 Å². The van der Waals surface area contributed by atoms with E-state index >= 15 is 0 Å². The molecule has 12 heteroatoms. The lowest BCUT2D eigenvalue weighted by Crippen LogP contribution is -2.59. The molecule has 8 atom stereocenters. The number of rotatable bonds is 8. The summed E-state index contributed by atoms with van der Waals surface area (Å²) in [6, 6.07) is 4.81. The maximum absolute atomic E-state index is 13.4. The summed E-state index contributed by atoms with van der Waals surface area (Å²) in [5, 5.41) is 37.0. The van der Waals surface area contributed by atoms with E-state index in [1.807, 2.05) is 13.8 Å². The van der Waals surface area contributed by atoms with E-state index in [-0.39, 0.29) is 29.8 Å². The summed E-state index contributed by atoms with van der Waals surface area (Å²) in [6.07, 6.45) is 2.35. The molecule has 2 saturated carbocycles. The summed E-state index contributed by atoms with van der Waals surface area (Å²) < 4.78 is 16.6. The zero-order valence-corrected chi connectivity index (χ0v) is 26.5. The molecular weight excluding hydrogens is 567 g/mol. The van der Waals surface area contributed by atoms with Crippen molar-refractivity contribution in [1.29, 1.82) is 0 Å². The Balaban J connectivity index is 1.57. The Morgan fingerprint density at radius 2 is 1.98 bits per heavy atom. The highest BCUT2D eigenvalue weighted by atomic mass is 16.6. The van der Waals surface area contributed by atoms with Crippen molar-refractivity contribution < 1.29 is 43.8 Å². The maximum atomic E-state index is 13.4. The Labute approximate surface area is 259 Å². The normalized spacial score (nSPS) is 33.8. The number of hydrogen-bond acceptors (Lipinski definition) is 10. The summed E-state index contributed by atoms with van der Waals surface area (Å²) in [7, 11) is -0.211. The van der Waals surface area contributed by atoms with Gasteiger partial charge in [0.25, 0.3) is 0 Å². The molecule has 1 aromatic carbocycles. The summed E-state index contributed by atoms with van der Waals surface area (Å²) in [4.78, 5) is 38.2. The number of carbonyl (C=O) groups excluding carboxylic acids is 3. The van der Waals surface area contributed by atoms with Crippen LogP contribution in [0.1, 0.15) is 72.3 Å². The molecule has 0 saturated heterocycles. The minimum Gasteiger partial charge on any atom is -0.482 e. The number of methoxy groups -OCH3 is 1. The lowest BCUT2D eigenvalue weighted by Gasteiger charge is -2.60. The van der Waals surface area contributed by atoms with E-state index < -0.39 is 60.3 Å². The SMILES string of the molecule is C=C[C@]1(C)C[C@@H](OC(=O)COc2ccc3c(c2)B(O)N(C(=O)OC)N=C3)[C@@]2(C)C[C@](C[C@H](O)C(C)=O)(CC[C@H]2C)[C@@H](C)[C@@H]1O. The number of ketones is 1. The van der Waals surface area contributed by atoms with Gasteiger partial charge in [-0.2, -0.15) is 5.10 Å². The lowest BCUT2D eigenvalue weighted by atomic mass is 9.47. The van der Waals surface area contributed by atoms with Gasteiger partial charge in [0.15, 0.2) is 12.4 Å². The second-order valence-corrected chi connectivity index (χ2v) is 13.5. The number of aliphatic hydroxyl groups excluding tert-OH is 2. The Morgan fingerprint density at radius 1 is 1.27 bits per heavy atom. The van der Waals surface area contributed by atoms with Gasteiger partial charge in [-0.05, 0) is 79.4 Å². The van der Waals surface area contributed by atoms with Crippen LogP contribution in [0.2, 0.25) is 0 Å². The maximum Gasteiger partial charge on any atom is 0.478 e. The summed E-state index contributed by atoms with van der Waals surface area (Å²) in [5.74, 6) is -0.719. The molecule has 3 N–H and O–H groups in total. The van der Waals surface area contributed by atoms with Gasteiger partial charge in [-0.25, -0.2) is 14.5 Å². The van der Waals surface area contributed by atoms with Crippen LogP contribution in [0.15, 0.2) is 36.0 Å². The van der Waals surface area contributed by atoms with Gasteiger partial charge in [0, 0.05) is 10.8 Å². The number of nitrogens with zero attached hydrogens (tertiary/aromatic N) is 2. The first-order valence-electron chi connectivity index (χ1n) is 15.2. The van der Waals surface area contributed by atoms with Crippen molar-refractivity contribution in [2.75, 3.05) is 13.7 Å². The first-order valence-corrected chi connectivity index (χ1v) is 15.2. The third kappa shape index (κ3) is 6.16. The molecule has 0 radical (unpaired) electrons. The first-order chi connectivity index (χ1) is 20.6. The Hall–Kier alpha value is -3.22. The summed E-state index contributed by atoms with van der Waals surface area (Å²) in [5.41, 5.74) is -0.943. The van der Waals surface area contributed by atoms with Crippen molar-refractivity contribution in [3.63, 3.8) is 0 Å². The minimum atomic E-state index is -1.40. The van der Waals surface area contributed by atoms with Gasteiger partial charge < -0.3 is 29.4 Å². The van der Waals surface area contributed by atoms with Crippen LogP contribution in [-0.2, 0) is 19.1 Å². The molecule has 1 amide bonds. The van der Waals surface area contributed by atoms with E-state index in [0.717, 1.165) is 17.8 Å². The standard InChI is InChI=1S/C32H45BN2O9/c1-8-30(5)15-26(31(6)18-32(12-11-19(31)2,20(3)28(30)39)14-25(37)21(4)36)44-27(38)17-43-23-10-9-22-16-34-35(29(40)42-7)33(41)24(22)13-23/h8-10,13,16,19-20,25-26,28,37,39,41H,1,11-12,14-15,17-18H2,2-7H3/t19-,20+,25+,26-,28+,30-,31+,32-/m1/s1. The predicted molar refractivity (Wildman–Crippen MR) is 164 cm³/mol. The quantitative estimate of drug-likeness (QED) is 0.228. The average molecular weight is 613 g/mol. The van der Waals surface area contributed by atoms with E-state index in [1.54, 1.807) is 18.2 Å². The fourth-order valence-electron chi connectivity index (χ4n) is 7.48. The van der Waals surface area contributed by atoms with Crippen LogP contribution in [0.25, 0.3) is 0 Å². The predicted octanol–water partition coefficient (Wildman–Crippen LogP) is 2.83. The van der Waals surface area contributed by atoms with Crippen LogP contribution in [0.4, 0.5) is 4.79 Å². The minimum absolute atomic E-state index is 0.155. The number of benzene rings is 1. The zero-order chi connectivity index (χ0) is 32.6. The van der Waals surface area contributed by atoms with Crippen molar-refractivity contribution in [1.82, 2.24) is 4.92 Å². The van der Waals surface area contributed by atoms with Crippen molar-refractivity contribution in [2.24, 2.45) is 33.2 Å². The number of Topliss-reactive ketones (excluding diaryl/α,β-unsaturated/α-hetero) is 1. The van der Waals surface area contributed by atoms with E-state index in [2.05, 4.69) is 30.3 Å². The number of aliphatic hydroxyl groups is 2. The molecule has 1 aliphatic heterocycles. The summed E-state index contributed by atoms with van der Waals surface area (Å²) >= 11 is 0. The molecule has 44 heavy (non-hydrogen) atoms. The molecule has 240 valence electrons. The molecule has 0 unspecified atom stereocenters. The number of hydrogen-bond donors (Lipinski definition) is 3. The van der Waals surface area contributed by atoms with E-state index in [1.165, 1.54) is 26.3 Å². The van der Waals surface area contributed by atoms with Crippen molar-refractivity contribution in [3.8, 4) is 5.75 Å². The summed E-state index contributed by atoms with van der Waals surface area (Å²) in [6.45, 7) is 13.1. The van der Waals surface area contributed by atoms with Gasteiger partial charge >= 0.3 is 19.1 Å². The molecule has 11 nitrogen and oxygen atoms in total. The molecular formula is C32H45BN2O9. The number of amides is 1. The molecule has 2 fully saturated rings. The van der Waals surface area contributed by atoms with Gasteiger partial charge in [-0.1, -0.05) is 39.8 Å². The molecule has 1 heterocycles. The van der Waals surface area contributed by atoms with Crippen LogP contribution < -0.4 is 10.2 Å². The second kappa shape index (κ2) is 12.6. The molecule has 4 rings (SSSR count). The largest absolute Gasteiger partial charge is 0.482 e. The topological polar surface area (TPSA) is 155 Å². The van der Waals surface area contributed by atoms with Gasteiger partial charge in [0.2, 0.25) is 0 Å². The number of fused-ring (bicyclic) bond motifs is 3. The van der Waals surface area contributed by atoms with Gasteiger partial charge in [-0.15, -0.1) is 6.58 Å². The third-order valence-corrected chi connectivity index (χ3v) is 10.8. The molecule has 0 aromatic heterocycles. The van der Waals surface area contributed by atoms with Crippen LogP contribution in [0.5, 0.6) is 5.75 Å². The van der Waals surface area contributed by atoms with Crippen molar-refractivity contribution >= 4 is 36.6 Å². The highest BCUT2D eigenvalue weighted by Gasteiger charge is 2.59. The van der Waals surface area contributed by atoms with Gasteiger partial charge in [-0.3, -0.25) is 4.79 Å². The Kier molecular flexibility index (Phi) is 9.68. The zero-order valence-electron chi connectivity index (χ0n) is 26.5. The highest BCUT2D eigenvalue weighted by molar-refractivity contribution is 6.67. The Morgan fingerprint density at radius 3 is 2.61 bits per heavy atom. The smallest absolute Gasteiger partial charge is 0.478 e. The van der Waals surface area contributed by atoms with E-state index in [0.29, 0.717) is 23.9 Å². The van der Waals surface area contributed by atoms with Crippen LogP contribution in [0, 0.1) is 28.1 Å². The number of carbonyl (C=O) groups is 3.